The van der Waals surface area contributed by atoms with Gasteiger partial charge in [-0.2, -0.15) is 0 Å². The van der Waals surface area contributed by atoms with E-state index in [-0.39, 0.29) is 11.8 Å². The Kier molecular flexibility index (Phi) is 4.99. The van der Waals surface area contributed by atoms with Crippen LogP contribution in [0.5, 0.6) is 5.75 Å². The van der Waals surface area contributed by atoms with Gasteiger partial charge in [-0.25, -0.2) is 4.98 Å². The summed E-state index contributed by atoms with van der Waals surface area (Å²) >= 11 is 0. The summed E-state index contributed by atoms with van der Waals surface area (Å²) < 4.78 is 0. The molecule has 1 atom stereocenters. The highest BCUT2D eigenvalue weighted by molar-refractivity contribution is 5.96. The first kappa shape index (κ1) is 17.8. The summed E-state index contributed by atoms with van der Waals surface area (Å²) in [6, 6.07) is 9.35. The van der Waals surface area contributed by atoms with Crippen LogP contribution in [-0.2, 0) is 11.2 Å². The van der Waals surface area contributed by atoms with Crippen molar-refractivity contribution in [3.8, 4) is 5.75 Å². The molecule has 1 unspecified atom stereocenters. The average Bonchev–Trinajstić information content (AvgIpc) is 2.69. The number of nitrogens with zero attached hydrogens (tertiary/aromatic N) is 3. The summed E-state index contributed by atoms with van der Waals surface area (Å²) in [4.78, 5) is 21.9. The second-order valence-electron chi connectivity index (χ2n) is 7.47. The lowest BCUT2D eigenvalue weighted by Gasteiger charge is -2.33. The highest BCUT2D eigenvalue weighted by Gasteiger charge is 2.28. The molecule has 1 aromatic carbocycles. The molecule has 2 aliphatic rings. The maximum atomic E-state index is 12.8. The van der Waals surface area contributed by atoms with E-state index in [2.05, 4.69) is 27.1 Å². The molecule has 142 valence electrons. The quantitative estimate of drug-likeness (QED) is 0.874. The first-order valence-corrected chi connectivity index (χ1v) is 9.63. The van der Waals surface area contributed by atoms with Crippen LogP contribution < -0.4 is 10.2 Å². The molecule has 6 nitrogen and oxygen atoms in total. The lowest BCUT2D eigenvalue weighted by Crippen LogP contribution is -2.44. The van der Waals surface area contributed by atoms with Gasteiger partial charge in [-0.3, -0.25) is 4.79 Å². The standard InChI is InChI=1S/C21H26N4O2/c1-24-10-12-25(13-11-24)20-9-8-15(14-22-20)23-21(27)18-6-2-5-17-16(18)4-3-7-19(17)26/h3-4,7-9,14,18,26H,2,5-6,10-13H2,1H3,(H,23,27). The molecule has 4 rings (SSSR count). The minimum absolute atomic E-state index is 0.0318. The van der Waals surface area contributed by atoms with Crippen LogP contribution in [0.25, 0.3) is 0 Å². The zero-order valence-electron chi connectivity index (χ0n) is 15.7. The number of nitrogens with one attached hydrogen (secondary N) is 1. The van der Waals surface area contributed by atoms with Gasteiger partial charge in [0.1, 0.15) is 11.6 Å². The fourth-order valence-electron chi connectivity index (χ4n) is 4.01. The highest BCUT2D eigenvalue weighted by atomic mass is 16.3. The maximum absolute atomic E-state index is 12.8. The molecule has 2 aromatic rings. The van der Waals surface area contributed by atoms with E-state index in [1.165, 1.54) is 0 Å². The van der Waals surface area contributed by atoms with Crippen LogP contribution in [0.2, 0.25) is 0 Å². The van der Waals surface area contributed by atoms with Gasteiger partial charge < -0.3 is 20.2 Å². The van der Waals surface area contributed by atoms with Gasteiger partial charge in [-0.1, -0.05) is 12.1 Å². The number of phenolic OH excluding ortho intramolecular Hbond substituents is 1. The monoisotopic (exact) mass is 366 g/mol. The van der Waals surface area contributed by atoms with Crippen molar-refractivity contribution >= 4 is 17.4 Å². The van der Waals surface area contributed by atoms with E-state index >= 15 is 0 Å². The lowest BCUT2D eigenvalue weighted by molar-refractivity contribution is -0.117. The number of rotatable bonds is 3. The number of aromatic hydroxyl groups is 1. The van der Waals surface area contributed by atoms with Crippen LogP contribution in [0, 0.1) is 0 Å². The zero-order chi connectivity index (χ0) is 18.8. The molecular formula is C21H26N4O2. The predicted molar refractivity (Wildman–Crippen MR) is 106 cm³/mol. The average molecular weight is 366 g/mol. The molecule has 1 aliphatic carbocycles. The largest absolute Gasteiger partial charge is 0.508 e. The molecule has 1 fully saturated rings. The number of carbonyl (C=O) groups excluding carboxylic acids is 1. The second kappa shape index (κ2) is 7.56. The molecular weight excluding hydrogens is 340 g/mol. The van der Waals surface area contributed by atoms with Crippen LogP contribution >= 0.6 is 0 Å². The minimum atomic E-state index is -0.224. The van der Waals surface area contributed by atoms with Gasteiger partial charge in [0.15, 0.2) is 0 Å². The van der Waals surface area contributed by atoms with Crippen molar-refractivity contribution in [2.75, 3.05) is 43.4 Å². The number of hydrogen-bond donors (Lipinski definition) is 2. The molecule has 1 aromatic heterocycles. The lowest BCUT2D eigenvalue weighted by atomic mass is 9.82. The van der Waals surface area contributed by atoms with Crippen molar-refractivity contribution in [1.82, 2.24) is 9.88 Å². The number of pyridine rings is 1. The first-order valence-electron chi connectivity index (χ1n) is 9.63. The zero-order valence-corrected chi connectivity index (χ0v) is 15.7. The topological polar surface area (TPSA) is 68.7 Å². The Labute approximate surface area is 159 Å². The summed E-state index contributed by atoms with van der Waals surface area (Å²) in [5, 5.41) is 13.1. The number of phenols is 1. The molecule has 2 N–H and O–H groups in total. The van der Waals surface area contributed by atoms with E-state index in [0.717, 1.165) is 62.4 Å². The predicted octanol–water partition coefficient (Wildman–Crippen LogP) is 2.60. The molecule has 6 heteroatoms. The van der Waals surface area contributed by atoms with E-state index in [1.54, 1.807) is 12.3 Å². The maximum Gasteiger partial charge on any atom is 0.231 e. The molecule has 27 heavy (non-hydrogen) atoms. The van der Waals surface area contributed by atoms with E-state index in [9.17, 15) is 9.90 Å². The number of fused-ring (bicyclic) bond motifs is 1. The third kappa shape index (κ3) is 3.76. The van der Waals surface area contributed by atoms with Crippen molar-refractivity contribution < 1.29 is 9.90 Å². The number of likely N-dealkylation sites (N-methyl/N-ethyl adjacent to an activating group) is 1. The number of amides is 1. The molecule has 0 bridgehead atoms. The summed E-state index contributed by atoms with van der Waals surface area (Å²) in [6.45, 7) is 4.01. The number of piperazine rings is 1. The van der Waals surface area contributed by atoms with Crippen molar-refractivity contribution in [2.45, 2.75) is 25.2 Å². The second-order valence-corrected chi connectivity index (χ2v) is 7.47. The van der Waals surface area contributed by atoms with E-state index in [4.69, 9.17) is 0 Å². The van der Waals surface area contributed by atoms with Crippen LogP contribution in [0.1, 0.15) is 29.9 Å². The van der Waals surface area contributed by atoms with Gasteiger partial charge in [0.2, 0.25) is 5.91 Å². The summed E-state index contributed by atoms with van der Waals surface area (Å²) in [5.74, 6) is 0.992. The van der Waals surface area contributed by atoms with Crippen LogP contribution in [0.3, 0.4) is 0 Å². The minimum Gasteiger partial charge on any atom is -0.508 e. The van der Waals surface area contributed by atoms with Gasteiger partial charge >= 0.3 is 0 Å². The summed E-state index contributed by atoms with van der Waals surface area (Å²) in [5.41, 5.74) is 2.57. The highest BCUT2D eigenvalue weighted by Crippen LogP contribution is 2.36. The van der Waals surface area contributed by atoms with Crippen LogP contribution in [-0.4, -0.2) is 54.1 Å². The number of aromatic nitrogens is 1. The Balaban J connectivity index is 1.44. The van der Waals surface area contributed by atoms with Gasteiger partial charge in [-0.15, -0.1) is 0 Å². The number of carbonyl (C=O) groups is 1. The van der Waals surface area contributed by atoms with Crippen molar-refractivity contribution in [2.24, 2.45) is 0 Å². The molecule has 2 heterocycles. The molecule has 0 spiro atoms. The van der Waals surface area contributed by atoms with Crippen LogP contribution in [0.15, 0.2) is 36.5 Å². The van der Waals surface area contributed by atoms with E-state index in [0.29, 0.717) is 11.4 Å². The number of benzene rings is 1. The number of hydrogen-bond acceptors (Lipinski definition) is 5. The van der Waals surface area contributed by atoms with Crippen molar-refractivity contribution in [1.29, 1.82) is 0 Å². The van der Waals surface area contributed by atoms with Crippen molar-refractivity contribution in [3.63, 3.8) is 0 Å². The smallest absolute Gasteiger partial charge is 0.231 e. The summed E-state index contributed by atoms with van der Waals surface area (Å²) in [6.07, 6.45) is 4.27. The molecule has 0 saturated carbocycles. The Hall–Kier alpha value is -2.60. The van der Waals surface area contributed by atoms with E-state index in [1.807, 2.05) is 24.3 Å². The Morgan fingerprint density at radius 3 is 2.74 bits per heavy atom. The third-order valence-corrected chi connectivity index (χ3v) is 5.64. The fourth-order valence-corrected chi connectivity index (χ4v) is 4.01. The van der Waals surface area contributed by atoms with Gasteiger partial charge in [-0.05, 0) is 55.6 Å². The third-order valence-electron chi connectivity index (χ3n) is 5.64. The van der Waals surface area contributed by atoms with Gasteiger partial charge in [0.25, 0.3) is 0 Å². The SMILES string of the molecule is CN1CCN(c2ccc(NC(=O)C3CCCc4c(O)cccc43)cn2)CC1. The number of anilines is 2. The summed E-state index contributed by atoms with van der Waals surface area (Å²) in [7, 11) is 2.13. The molecule has 1 amide bonds. The fraction of sp³-hybridized carbons (Fsp3) is 0.429. The molecule has 1 aliphatic heterocycles. The molecule has 0 radical (unpaired) electrons. The first-order chi connectivity index (χ1) is 13.1. The molecule has 1 saturated heterocycles. The van der Waals surface area contributed by atoms with Gasteiger partial charge in [0, 0.05) is 26.2 Å². The Bertz CT molecular complexity index is 813. The van der Waals surface area contributed by atoms with Crippen molar-refractivity contribution in [3.05, 3.63) is 47.7 Å². The van der Waals surface area contributed by atoms with Crippen LogP contribution in [0.4, 0.5) is 11.5 Å². The normalized spacial score (nSPS) is 20.2. The Morgan fingerprint density at radius 2 is 2.00 bits per heavy atom. The Morgan fingerprint density at radius 1 is 1.19 bits per heavy atom. The van der Waals surface area contributed by atoms with Gasteiger partial charge in [0.05, 0.1) is 17.8 Å². The van der Waals surface area contributed by atoms with E-state index < -0.39 is 0 Å².